The molecule has 1 heterocycles. The monoisotopic (exact) mass is 480 g/mol. The SMILES string of the molecule is CC(CC(=O)C1CCc2ccccc2N1)C[C@H](NC(=O)OCc1ccccc1)C(=O)NCC(N)=O. The number of alkyl carbamates (subject to hydrolysis) is 1. The number of amides is 3. The summed E-state index contributed by atoms with van der Waals surface area (Å²) in [6.07, 6.45) is 1.19. The second kappa shape index (κ2) is 12.5. The van der Waals surface area contributed by atoms with Gasteiger partial charge in [-0.05, 0) is 42.4 Å². The van der Waals surface area contributed by atoms with Crippen LogP contribution in [0.3, 0.4) is 0 Å². The highest BCUT2D eigenvalue weighted by molar-refractivity contribution is 5.90. The lowest BCUT2D eigenvalue weighted by Gasteiger charge is -2.27. The van der Waals surface area contributed by atoms with Crippen LogP contribution >= 0.6 is 0 Å². The van der Waals surface area contributed by atoms with Crippen LogP contribution in [-0.4, -0.2) is 42.3 Å². The van der Waals surface area contributed by atoms with Gasteiger partial charge < -0.3 is 26.4 Å². The fraction of sp³-hybridized carbons (Fsp3) is 0.385. The van der Waals surface area contributed by atoms with E-state index in [1.165, 1.54) is 5.56 Å². The van der Waals surface area contributed by atoms with E-state index in [1.807, 2.05) is 61.5 Å². The molecule has 9 heteroatoms. The highest BCUT2D eigenvalue weighted by atomic mass is 16.5. The molecule has 0 fully saturated rings. The summed E-state index contributed by atoms with van der Waals surface area (Å²) in [6, 6.07) is 15.8. The van der Waals surface area contributed by atoms with Gasteiger partial charge in [-0.1, -0.05) is 55.5 Å². The van der Waals surface area contributed by atoms with Crippen LogP contribution < -0.4 is 21.7 Å². The van der Waals surface area contributed by atoms with Crippen LogP contribution in [0.1, 0.15) is 37.3 Å². The number of anilines is 1. The van der Waals surface area contributed by atoms with Crippen molar-refractivity contribution in [2.45, 2.75) is 51.3 Å². The molecule has 0 bridgehead atoms. The Hall–Kier alpha value is -3.88. The summed E-state index contributed by atoms with van der Waals surface area (Å²) < 4.78 is 5.23. The molecule has 0 spiro atoms. The summed E-state index contributed by atoms with van der Waals surface area (Å²) in [5, 5.41) is 8.27. The summed E-state index contributed by atoms with van der Waals surface area (Å²) in [5.41, 5.74) is 8.08. The third-order valence-electron chi connectivity index (χ3n) is 5.88. The summed E-state index contributed by atoms with van der Waals surface area (Å²) in [4.78, 5) is 49.0. The Morgan fingerprint density at radius 3 is 2.54 bits per heavy atom. The van der Waals surface area contributed by atoms with Crippen LogP contribution in [0, 0.1) is 5.92 Å². The number of fused-ring (bicyclic) bond motifs is 1. The van der Waals surface area contributed by atoms with E-state index < -0.39 is 23.9 Å². The molecule has 1 aliphatic heterocycles. The van der Waals surface area contributed by atoms with Crippen LogP contribution in [0.2, 0.25) is 0 Å². The second-order valence-electron chi connectivity index (χ2n) is 8.85. The number of ether oxygens (including phenoxy) is 1. The lowest BCUT2D eigenvalue weighted by Crippen LogP contribution is -2.49. The third kappa shape index (κ3) is 8.13. The Morgan fingerprint density at radius 1 is 1.09 bits per heavy atom. The molecule has 3 atom stereocenters. The molecule has 2 unspecified atom stereocenters. The van der Waals surface area contributed by atoms with Crippen LogP contribution in [0.5, 0.6) is 0 Å². The minimum atomic E-state index is -0.986. The van der Waals surface area contributed by atoms with Gasteiger partial charge in [0, 0.05) is 12.1 Å². The molecule has 2 aromatic carbocycles. The number of carbonyl (C=O) groups is 4. The van der Waals surface area contributed by atoms with Crippen LogP contribution in [0.25, 0.3) is 0 Å². The molecule has 3 amide bonds. The van der Waals surface area contributed by atoms with E-state index in [0.717, 1.165) is 17.7 Å². The summed E-state index contributed by atoms with van der Waals surface area (Å²) in [7, 11) is 0. The number of nitrogens with two attached hydrogens (primary N) is 1. The van der Waals surface area contributed by atoms with Crippen molar-refractivity contribution in [2.24, 2.45) is 11.7 Å². The zero-order chi connectivity index (χ0) is 25.2. The molecule has 2 aromatic rings. The fourth-order valence-corrected chi connectivity index (χ4v) is 4.09. The summed E-state index contributed by atoms with van der Waals surface area (Å²) in [5.74, 6) is -1.42. The molecule has 1 aliphatic rings. The lowest BCUT2D eigenvalue weighted by atomic mass is 9.89. The molecule has 0 saturated carbocycles. The smallest absolute Gasteiger partial charge is 0.408 e. The van der Waals surface area contributed by atoms with E-state index >= 15 is 0 Å². The Bertz CT molecular complexity index is 1040. The molecular formula is C26H32N4O5. The van der Waals surface area contributed by atoms with Crippen molar-refractivity contribution >= 4 is 29.4 Å². The number of rotatable bonds is 11. The Labute approximate surface area is 204 Å². The van der Waals surface area contributed by atoms with Crippen LogP contribution in [0.4, 0.5) is 10.5 Å². The predicted molar refractivity (Wildman–Crippen MR) is 131 cm³/mol. The van der Waals surface area contributed by atoms with Crippen molar-refractivity contribution in [3.63, 3.8) is 0 Å². The molecular weight excluding hydrogens is 448 g/mol. The Morgan fingerprint density at radius 2 is 1.80 bits per heavy atom. The quantitative estimate of drug-likeness (QED) is 0.389. The molecule has 0 radical (unpaired) electrons. The molecule has 0 aromatic heterocycles. The molecule has 0 saturated heterocycles. The maximum atomic E-state index is 12.9. The van der Waals surface area contributed by atoms with Crippen molar-refractivity contribution in [1.82, 2.24) is 10.6 Å². The number of primary amides is 1. The average Bonchev–Trinajstić information content (AvgIpc) is 2.85. The third-order valence-corrected chi connectivity index (χ3v) is 5.88. The molecule has 9 nitrogen and oxygen atoms in total. The van der Waals surface area contributed by atoms with E-state index in [-0.39, 0.29) is 43.7 Å². The number of hydrogen-bond acceptors (Lipinski definition) is 6. The summed E-state index contributed by atoms with van der Waals surface area (Å²) in [6.45, 7) is 1.54. The number of aryl methyl sites for hydroxylation is 1. The Kier molecular flexibility index (Phi) is 9.23. The number of hydrogen-bond donors (Lipinski definition) is 4. The standard InChI is InChI=1S/C26H32N4O5/c1-17(14-23(31)21-12-11-19-9-5-6-10-20(19)29-21)13-22(25(33)28-15-24(27)32)30-26(34)35-16-18-7-3-2-4-8-18/h2-10,17,21-22,29H,11-16H2,1H3,(H2,27,32)(H,28,33)(H,30,34)/t17?,21?,22-/m0/s1. The molecule has 5 N–H and O–H groups in total. The first kappa shape index (κ1) is 25.7. The maximum absolute atomic E-state index is 12.9. The van der Waals surface area contributed by atoms with Gasteiger partial charge in [0.15, 0.2) is 5.78 Å². The predicted octanol–water partition coefficient (Wildman–Crippen LogP) is 2.30. The number of carbonyl (C=O) groups excluding carboxylic acids is 4. The van der Waals surface area contributed by atoms with E-state index in [0.29, 0.717) is 6.42 Å². The number of benzene rings is 2. The lowest BCUT2D eigenvalue weighted by molar-refractivity contribution is -0.126. The number of Topliss-reactive ketones (excluding diaryl/α,β-unsaturated/α-hetero) is 1. The van der Waals surface area contributed by atoms with E-state index in [2.05, 4.69) is 16.0 Å². The number of ketones is 1. The van der Waals surface area contributed by atoms with Gasteiger partial charge in [-0.25, -0.2) is 4.79 Å². The summed E-state index contributed by atoms with van der Waals surface area (Å²) >= 11 is 0. The molecule has 3 rings (SSSR count). The van der Waals surface area contributed by atoms with Gasteiger partial charge in [0.1, 0.15) is 12.6 Å². The van der Waals surface area contributed by atoms with Crippen molar-refractivity contribution in [2.75, 3.05) is 11.9 Å². The molecule has 186 valence electrons. The van der Waals surface area contributed by atoms with Gasteiger partial charge in [0.25, 0.3) is 0 Å². The van der Waals surface area contributed by atoms with Gasteiger partial charge in [0.05, 0.1) is 12.6 Å². The first-order valence-electron chi connectivity index (χ1n) is 11.7. The van der Waals surface area contributed by atoms with Crippen molar-refractivity contribution < 1.29 is 23.9 Å². The topological polar surface area (TPSA) is 140 Å². The normalized spacial score (nSPS) is 16.1. The highest BCUT2D eigenvalue weighted by Crippen LogP contribution is 2.26. The van der Waals surface area contributed by atoms with Gasteiger partial charge in [0.2, 0.25) is 11.8 Å². The highest BCUT2D eigenvalue weighted by Gasteiger charge is 2.28. The zero-order valence-corrected chi connectivity index (χ0v) is 19.8. The van der Waals surface area contributed by atoms with Gasteiger partial charge >= 0.3 is 6.09 Å². The van der Waals surface area contributed by atoms with E-state index in [1.54, 1.807) is 0 Å². The molecule has 0 aliphatic carbocycles. The van der Waals surface area contributed by atoms with Gasteiger partial charge in [-0.15, -0.1) is 0 Å². The number of para-hydroxylation sites is 1. The Balaban J connectivity index is 1.56. The molecule has 35 heavy (non-hydrogen) atoms. The van der Waals surface area contributed by atoms with Crippen molar-refractivity contribution in [1.29, 1.82) is 0 Å². The van der Waals surface area contributed by atoms with Crippen molar-refractivity contribution in [3.05, 3.63) is 65.7 Å². The first-order chi connectivity index (χ1) is 16.8. The van der Waals surface area contributed by atoms with E-state index in [9.17, 15) is 19.2 Å². The van der Waals surface area contributed by atoms with Crippen molar-refractivity contribution in [3.8, 4) is 0 Å². The maximum Gasteiger partial charge on any atom is 0.408 e. The minimum absolute atomic E-state index is 0.0468. The van der Waals surface area contributed by atoms with Crippen LogP contribution in [0.15, 0.2) is 54.6 Å². The van der Waals surface area contributed by atoms with E-state index in [4.69, 9.17) is 10.5 Å². The average molecular weight is 481 g/mol. The van der Waals surface area contributed by atoms with Crippen LogP contribution in [-0.2, 0) is 32.1 Å². The first-order valence-corrected chi connectivity index (χ1v) is 11.7. The second-order valence-corrected chi connectivity index (χ2v) is 8.85. The number of nitrogens with one attached hydrogen (secondary N) is 3. The zero-order valence-electron chi connectivity index (χ0n) is 19.8. The largest absolute Gasteiger partial charge is 0.445 e. The van der Waals surface area contributed by atoms with Gasteiger partial charge in [-0.3, -0.25) is 14.4 Å². The minimum Gasteiger partial charge on any atom is -0.445 e. The van der Waals surface area contributed by atoms with Gasteiger partial charge in [-0.2, -0.15) is 0 Å². The fourth-order valence-electron chi connectivity index (χ4n) is 4.09.